The third kappa shape index (κ3) is 4.38. The molecule has 1 heterocycles. The average molecular weight is 360 g/mol. The SMILES string of the molecule is CCCn1nc(C)c([N+](=O)[O-])c1S(=O)(=O)CCS(=O)(=O)Cl. The van der Waals surface area contributed by atoms with Gasteiger partial charge in [-0.2, -0.15) is 5.10 Å². The lowest BCUT2D eigenvalue weighted by Crippen LogP contribution is -2.19. The van der Waals surface area contributed by atoms with Crippen LogP contribution in [0.3, 0.4) is 0 Å². The summed E-state index contributed by atoms with van der Waals surface area (Å²) in [5.41, 5.74) is -0.670. The Balaban J connectivity index is 3.41. The molecule has 0 aliphatic rings. The number of hydrogen-bond donors (Lipinski definition) is 0. The number of rotatable bonds is 7. The highest BCUT2D eigenvalue weighted by Crippen LogP contribution is 2.28. The van der Waals surface area contributed by atoms with Crippen molar-refractivity contribution in [1.82, 2.24) is 9.78 Å². The maximum absolute atomic E-state index is 12.2. The molecule has 9 nitrogen and oxygen atoms in total. The van der Waals surface area contributed by atoms with Crippen molar-refractivity contribution < 1.29 is 21.8 Å². The summed E-state index contributed by atoms with van der Waals surface area (Å²) >= 11 is 0. The Morgan fingerprint density at radius 3 is 2.29 bits per heavy atom. The van der Waals surface area contributed by atoms with Crippen molar-refractivity contribution in [2.24, 2.45) is 0 Å². The quantitative estimate of drug-likeness (QED) is 0.400. The molecule has 1 aromatic heterocycles. The topological polar surface area (TPSA) is 129 Å². The van der Waals surface area contributed by atoms with E-state index in [1.807, 2.05) is 0 Å². The number of nitro groups is 1. The Kier molecular flexibility index (Phi) is 5.34. The molecule has 0 unspecified atom stereocenters. The smallest absolute Gasteiger partial charge is 0.258 e. The van der Waals surface area contributed by atoms with Gasteiger partial charge in [-0.15, -0.1) is 0 Å². The highest BCUT2D eigenvalue weighted by Gasteiger charge is 2.35. The van der Waals surface area contributed by atoms with Crippen molar-refractivity contribution in [1.29, 1.82) is 0 Å². The van der Waals surface area contributed by atoms with Crippen molar-refractivity contribution in [3.8, 4) is 0 Å². The van der Waals surface area contributed by atoms with Gasteiger partial charge in [0.05, 0.1) is 16.4 Å². The fourth-order valence-corrected chi connectivity index (χ4v) is 5.14. The van der Waals surface area contributed by atoms with E-state index in [0.29, 0.717) is 6.42 Å². The first-order valence-electron chi connectivity index (χ1n) is 5.86. The lowest BCUT2D eigenvalue weighted by molar-refractivity contribution is -0.388. The summed E-state index contributed by atoms with van der Waals surface area (Å²) in [5, 5.41) is 14.3. The van der Waals surface area contributed by atoms with Gasteiger partial charge >= 0.3 is 5.69 Å². The second-order valence-corrected chi connectivity index (χ2v) is 9.20. The van der Waals surface area contributed by atoms with E-state index in [1.54, 1.807) is 6.92 Å². The molecule has 0 saturated heterocycles. The molecule has 0 bridgehead atoms. The summed E-state index contributed by atoms with van der Waals surface area (Å²) in [6.45, 7) is 3.24. The van der Waals surface area contributed by atoms with Crippen LogP contribution in [0.25, 0.3) is 0 Å². The highest BCUT2D eigenvalue weighted by atomic mass is 35.7. The number of hydrogen-bond acceptors (Lipinski definition) is 7. The molecule has 12 heteroatoms. The maximum atomic E-state index is 12.2. The molecule has 0 radical (unpaired) electrons. The van der Waals surface area contributed by atoms with E-state index < -0.39 is 46.0 Å². The van der Waals surface area contributed by atoms with Gasteiger partial charge in [-0.3, -0.25) is 10.1 Å². The third-order valence-corrected chi connectivity index (χ3v) is 5.71. The van der Waals surface area contributed by atoms with E-state index >= 15 is 0 Å². The zero-order chi connectivity index (χ0) is 16.4. The van der Waals surface area contributed by atoms with Crippen molar-refractivity contribution in [2.45, 2.75) is 31.8 Å². The molecular formula is C9H14ClN3O6S2. The molecule has 0 aliphatic carbocycles. The second kappa shape index (κ2) is 6.28. The van der Waals surface area contributed by atoms with E-state index in [-0.39, 0.29) is 12.2 Å². The number of aryl methyl sites for hydroxylation is 2. The predicted molar refractivity (Wildman–Crippen MR) is 75.6 cm³/mol. The van der Waals surface area contributed by atoms with Gasteiger partial charge in [0, 0.05) is 17.2 Å². The second-order valence-electron chi connectivity index (χ2n) is 4.28. The number of sulfone groups is 1. The van der Waals surface area contributed by atoms with E-state index in [4.69, 9.17) is 10.7 Å². The van der Waals surface area contributed by atoms with Crippen molar-refractivity contribution >= 4 is 35.3 Å². The molecule has 21 heavy (non-hydrogen) atoms. The van der Waals surface area contributed by atoms with Gasteiger partial charge < -0.3 is 0 Å². The largest absolute Gasteiger partial charge is 0.328 e. The van der Waals surface area contributed by atoms with E-state index in [0.717, 1.165) is 4.68 Å². The zero-order valence-electron chi connectivity index (χ0n) is 11.3. The first-order chi connectivity index (χ1) is 9.49. The molecule has 1 rings (SSSR count). The first kappa shape index (κ1) is 17.9. The van der Waals surface area contributed by atoms with Crippen LogP contribution >= 0.6 is 10.7 Å². The normalized spacial score (nSPS) is 12.5. The lowest BCUT2D eigenvalue weighted by atomic mass is 10.4. The van der Waals surface area contributed by atoms with Gasteiger partial charge in [-0.25, -0.2) is 21.5 Å². The fraction of sp³-hybridized carbons (Fsp3) is 0.667. The van der Waals surface area contributed by atoms with Crippen LogP contribution < -0.4 is 0 Å². The van der Waals surface area contributed by atoms with Crippen molar-refractivity contribution in [3.05, 3.63) is 15.8 Å². The van der Waals surface area contributed by atoms with Crippen LogP contribution in [-0.4, -0.2) is 43.0 Å². The number of aromatic nitrogens is 2. The van der Waals surface area contributed by atoms with Crippen LogP contribution in [0.1, 0.15) is 19.0 Å². The van der Waals surface area contributed by atoms with Crippen molar-refractivity contribution in [2.75, 3.05) is 11.5 Å². The predicted octanol–water partition coefficient (Wildman–Crippen LogP) is 0.852. The molecule has 0 N–H and O–H groups in total. The van der Waals surface area contributed by atoms with E-state index in [2.05, 4.69) is 5.10 Å². The van der Waals surface area contributed by atoms with Gasteiger partial charge in [-0.1, -0.05) is 6.92 Å². The molecule has 0 spiro atoms. The Morgan fingerprint density at radius 1 is 1.29 bits per heavy atom. The minimum Gasteiger partial charge on any atom is -0.258 e. The van der Waals surface area contributed by atoms with Gasteiger partial charge in [0.1, 0.15) is 5.69 Å². The number of nitrogens with zero attached hydrogens (tertiary/aromatic N) is 3. The minimum absolute atomic E-state index is 0.0410. The molecule has 0 aliphatic heterocycles. The Hall–Kier alpha value is -1.20. The van der Waals surface area contributed by atoms with Crippen LogP contribution in [0.5, 0.6) is 0 Å². The van der Waals surface area contributed by atoms with Gasteiger partial charge in [-0.05, 0) is 13.3 Å². The summed E-state index contributed by atoms with van der Waals surface area (Å²) in [6.07, 6.45) is 0.509. The van der Waals surface area contributed by atoms with Crippen LogP contribution in [0.2, 0.25) is 0 Å². The molecule has 1 aromatic rings. The monoisotopic (exact) mass is 359 g/mol. The summed E-state index contributed by atoms with van der Waals surface area (Å²) in [7, 11) is -3.24. The molecular weight excluding hydrogens is 346 g/mol. The summed E-state index contributed by atoms with van der Waals surface area (Å²) in [5.74, 6) is -1.67. The van der Waals surface area contributed by atoms with Crippen molar-refractivity contribution in [3.63, 3.8) is 0 Å². The van der Waals surface area contributed by atoms with Gasteiger partial charge in [0.25, 0.3) is 0 Å². The van der Waals surface area contributed by atoms with Gasteiger partial charge in [0.2, 0.25) is 23.9 Å². The molecule has 0 fully saturated rings. The Labute approximate surface area is 126 Å². The standard InChI is InChI=1S/C9H14ClN3O6S2/c1-3-4-12-9(8(13(14)15)7(2)11-12)20(16,17)5-6-21(10,18)19/h3-6H2,1-2H3. The lowest BCUT2D eigenvalue weighted by Gasteiger charge is -2.06. The molecule has 0 aromatic carbocycles. The molecule has 0 atom stereocenters. The van der Waals surface area contributed by atoms with Crippen LogP contribution in [0.15, 0.2) is 5.03 Å². The van der Waals surface area contributed by atoms with E-state index in [1.165, 1.54) is 6.92 Å². The molecule has 0 amide bonds. The average Bonchev–Trinajstić information content (AvgIpc) is 2.64. The van der Waals surface area contributed by atoms with Gasteiger partial charge in [0.15, 0.2) is 0 Å². The Bertz CT molecular complexity index is 753. The molecule has 0 saturated carbocycles. The molecule has 120 valence electrons. The maximum Gasteiger partial charge on any atom is 0.328 e. The minimum atomic E-state index is -4.21. The summed E-state index contributed by atoms with van der Waals surface area (Å²) in [6, 6.07) is 0. The fourth-order valence-electron chi connectivity index (χ4n) is 1.74. The highest BCUT2D eigenvalue weighted by molar-refractivity contribution is 8.14. The van der Waals surface area contributed by atoms with E-state index in [9.17, 15) is 26.9 Å². The Morgan fingerprint density at radius 2 is 1.86 bits per heavy atom. The van der Waals surface area contributed by atoms with Crippen LogP contribution in [0, 0.1) is 17.0 Å². The third-order valence-electron chi connectivity index (χ3n) is 2.56. The van der Waals surface area contributed by atoms with Crippen LogP contribution in [0.4, 0.5) is 5.69 Å². The number of halogens is 1. The van der Waals surface area contributed by atoms with Crippen LogP contribution in [-0.2, 0) is 25.4 Å². The summed E-state index contributed by atoms with van der Waals surface area (Å²) < 4.78 is 47.2. The zero-order valence-corrected chi connectivity index (χ0v) is 13.7. The first-order valence-corrected chi connectivity index (χ1v) is 9.99. The summed E-state index contributed by atoms with van der Waals surface area (Å²) in [4.78, 5) is 10.2.